The zero-order valence-corrected chi connectivity index (χ0v) is 14.4. The van der Waals surface area contributed by atoms with Crippen LogP contribution in [0.2, 0.25) is 0 Å². The summed E-state index contributed by atoms with van der Waals surface area (Å²) in [4.78, 5) is 29.3. The summed E-state index contributed by atoms with van der Waals surface area (Å²) in [5, 5.41) is 9.48. The van der Waals surface area contributed by atoms with Gasteiger partial charge in [0.1, 0.15) is 11.2 Å². The van der Waals surface area contributed by atoms with Gasteiger partial charge < -0.3 is 5.11 Å². The van der Waals surface area contributed by atoms with Crippen LogP contribution in [0.25, 0.3) is 17.7 Å². The number of allylic oxidation sites excluding steroid dienone is 1. The summed E-state index contributed by atoms with van der Waals surface area (Å²) in [6, 6.07) is 7.94. The Labute approximate surface area is 150 Å². The summed E-state index contributed by atoms with van der Waals surface area (Å²) < 4.78 is 1.60. The van der Waals surface area contributed by atoms with Gasteiger partial charge in [-0.2, -0.15) is 0 Å². The van der Waals surface area contributed by atoms with Gasteiger partial charge in [-0.3, -0.25) is 14.2 Å². The molecule has 5 rings (SSSR count). The Hall–Kier alpha value is -2.95. The van der Waals surface area contributed by atoms with E-state index >= 15 is 0 Å². The van der Waals surface area contributed by atoms with Crippen molar-refractivity contribution in [1.29, 1.82) is 0 Å². The summed E-state index contributed by atoms with van der Waals surface area (Å²) in [7, 11) is 0. The molecule has 5 heteroatoms. The van der Waals surface area contributed by atoms with Crippen LogP contribution in [0, 0.1) is 12.3 Å². The monoisotopic (exact) mass is 346 g/mol. The molecule has 2 aliphatic carbocycles. The Morgan fingerprint density at radius 1 is 1.38 bits per heavy atom. The standard InChI is InChI=1S/C21H18N2O3/c1-12-3-2-4-13(9-12)10-14-5-6-15-18(14)22-17-7-8-21(20(25)26)11-16(21)23(17)19(15)24/h2-4,7-10,16H,5-6,11H2,1H3,(H,25,26)/b14-10-. The van der Waals surface area contributed by atoms with Crippen molar-refractivity contribution in [2.45, 2.75) is 32.2 Å². The third-order valence-electron chi connectivity index (χ3n) is 5.77. The molecule has 1 aromatic carbocycles. The molecule has 1 fully saturated rings. The number of nitrogens with zero attached hydrogens (tertiary/aromatic N) is 2. The van der Waals surface area contributed by atoms with Crippen LogP contribution in [0.5, 0.6) is 0 Å². The van der Waals surface area contributed by atoms with Gasteiger partial charge >= 0.3 is 5.97 Å². The predicted molar refractivity (Wildman–Crippen MR) is 98.6 cm³/mol. The molecule has 130 valence electrons. The molecule has 2 heterocycles. The molecular formula is C21H18N2O3. The highest BCUT2D eigenvalue weighted by Crippen LogP contribution is 2.59. The highest BCUT2D eigenvalue weighted by Gasteiger charge is 2.62. The second kappa shape index (κ2) is 5.04. The lowest BCUT2D eigenvalue weighted by Gasteiger charge is -2.18. The maximum Gasteiger partial charge on any atom is 0.315 e. The number of carboxylic acids is 1. The quantitative estimate of drug-likeness (QED) is 0.907. The van der Waals surface area contributed by atoms with Gasteiger partial charge in [-0.25, -0.2) is 4.98 Å². The molecule has 0 saturated heterocycles. The van der Waals surface area contributed by atoms with Gasteiger partial charge in [0.15, 0.2) is 0 Å². The number of hydrogen-bond donors (Lipinski definition) is 1. The highest BCUT2D eigenvalue weighted by atomic mass is 16.4. The molecule has 2 atom stereocenters. The largest absolute Gasteiger partial charge is 0.481 e. The summed E-state index contributed by atoms with van der Waals surface area (Å²) >= 11 is 0. The number of rotatable bonds is 2. The average Bonchev–Trinajstić information content (AvgIpc) is 3.24. The first-order valence-corrected chi connectivity index (χ1v) is 8.85. The summed E-state index contributed by atoms with van der Waals surface area (Å²) in [5.74, 6) is -0.290. The summed E-state index contributed by atoms with van der Waals surface area (Å²) in [6.45, 7) is 2.06. The van der Waals surface area contributed by atoms with Crippen molar-refractivity contribution >= 4 is 23.7 Å². The van der Waals surface area contributed by atoms with Gasteiger partial charge in [-0.05, 0) is 49.5 Å². The van der Waals surface area contributed by atoms with Crippen LogP contribution in [-0.4, -0.2) is 20.6 Å². The van der Waals surface area contributed by atoms with Crippen LogP contribution < -0.4 is 5.56 Å². The molecule has 1 saturated carbocycles. The van der Waals surface area contributed by atoms with E-state index in [2.05, 4.69) is 31.2 Å². The van der Waals surface area contributed by atoms with E-state index in [1.807, 2.05) is 6.07 Å². The fraction of sp³-hybridized carbons (Fsp3) is 0.286. The lowest BCUT2D eigenvalue weighted by Crippen LogP contribution is -2.31. The minimum atomic E-state index is -0.911. The maximum atomic E-state index is 13.0. The second-order valence-corrected chi connectivity index (χ2v) is 7.45. The molecule has 3 aliphatic rings. The number of hydrogen-bond acceptors (Lipinski definition) is 3. The molecule has 0 bridgehead atoms. The fourth-order valence-corrected chi connectivity index (χ4v) is 4.26. The minimum absolute atomic E-state index is 0.0740. The number of aryl methyl sites for hydroxylation is 1. The zero-order chi connectivity index (χ0) is 18.1. The first-order valence-electron chi connectivity index (χ1n) is 8.85. The van der Waals surface area contributed by atoms with E-state index < -0.39 is 11.4 Å². The molecule has 1 N–H and O–H groups in total. The molecule has 0 spiro atoms. The van der Waals surface area contributed by atoms with Gasteiger partial charge in [-0.1, -0.05) is 35.9 Å². The smallest absolute Gasteiger partial charge is 0.315 e. The van der Waals surface area contributed by atoms with Crippen LogP contribution in [0.1, 0.15) is 47.1 Å². The Balaban J connectivity index is 1.62. The second-order valence-electron chi connectivity index (χ2n) is 7.45. The van der Waals surface area contributed by atoms with Gasteiger partial charge in [0, 0.05) is 5.56 Å². The third-order valence-corrected chi connectivity index (χ3v) is 5.77. The number of carbonyl (C=O) groups is 1. The van der Waals surface area contributed by atoms with E-state index in [9.17, 15) is 14.7 Å². The van der Waals surface area contributed by atoms with Crippen molar-refractivity contribution in [2.75, 3.05) is 0 Å². The number of aromatic nitrogens is 2. The number of benzene rings is 1. The minimum Gasteiger partial charge on any atom is -0.481 e. The molecule has 5 nitrogen and oxygen atoms in total. The van der Waals surface area contributed by atoms with Gasteiger partial charge in [0.05, 0.1) is 11.7 Å². The Morgan fingerprint density at radius 2 is 2.23 bits per heavy atom. The maximum absolute atomic E-state index is 13.0. The van der Waals surface area contributed by atoms with Crippen molar-refractivity contribution in [3.63, 3.8) is 0 Å². The Kier molecular flexibility index (Phi) is 2.97. The van der Waals surface area contributed by atoms with Crippen molar-refractivity contribution in [3.8, 4) is 0 Å². The molecule has 0 radical (unpaired) electrons. The molecule has 26 heavy (non-hydrogen) atoms. The van der Waals surface area contributed by atoms with Crippen LogP contribution in [0.3, 0.4) is 0 Å². The van der Waals surface area contributed by atoms with Crippen LogP contribution in [0.15, 0.2) is 35.1 Å². The lowest BCUT2D eigenvalue weighted by atomic mass is 10.0. The van der Waals surface area contributed by atoms with E-state index in [4.69, 9.17) is 4.98 Å². The fourth-order valence-electron chi connectivity index (χ4n) is 4.26. The number of aliphatic carboxylic acids is 1. The SMILES string of the molecule is Cc1cccc(/C=C2/CCc3c2nc2n(c3=O)C3CC3(C(=O)O)C=C2)c1. The number of carboxylic acid groups (broad SMARTS) is 1. The Bertz CT molecular complexity index is 1090. The Morgan fingerprint density at radius 3 is 3.00 bits per heavy atom. The van der Waals surface area contributed by atoms with Gasteiger partial charge in [0.2, 0.25) is 0 Å². The lowest BCUT2D eigenvalue weighted by molar-refractivity contribution is -0.141. The number of fused-ring (bicyclic) bond motifs is 4. The molecule has 2 unspecified atom stereocenters. The topological polar surface area (TPSA) is 72.2 Å². The third kappa shape index (κ3) is 2.00. The van der Waals surface area contributed by atoms with Crippen LogP contribution in [0.4, 0.5) is 0 Å². The molecule has 2 aromatic rings. The van der Waals surface area contributed by atoms with E-state index in [-0.39, 0.29) is 11.6 Å². The van der Waals surface area contributed by atoms with E-state index in [0.29, 0.717) is 24.2 Å². The van der Waals surface area contributed by atoms with Crippen molar-refractivity contribution in [2.24, 2.45) is 5.41 Å². The summed E-state index contributed by atoms with van der Waals surface area (Å²) in [6.07, 6.45) is 7.42. The molecular weight excluding hydrogens is 328 g/mol. The van der Waals surface area contributed by atoms with Crippen molar-refractivity contribution < 1.29 is 9.90 Å². The molecule has 0 amide bonds. The molecule has 1 aromatic heterocycles. The normalized spacial score (nSPS) is 26.3. The van der Waals surface area contributed by atoms with E-state index in [1.54, 1.807) is 16.7 Å². The average molecular weight is 346 g/mol. The van der Waals surface area contributed by atoms with Gasteiger partial charge in [0.25, 0.3) is 5.56 Å². The summed E-state index contributed by atoms with van der Waals surface area (Å²) in [5.41, 5.74) is 3.88. The first-order chi connectivity index (χ1) is 12.5. The van der Waals surface area contributed by atoms with E-state index in [1.165, 1.54) is 5.56 Å². The van der Waals surface area contributed by atoms with Crippen LogP contribution >= 0.6 is 0 Å². The first kappa shape index (κ1) is 15.3. The zero-order valence-electron chi connectivity index (χ0n) is 14.4. The van der Waals surface area contributed by atoms with Crippen molar-refractivity contribution in [3.05, 3.63) is 68.9 Å². The molecule has 1 aliphatic heterocycles. The highest BCUT2D eigenvalue weighted by molar-refractivity contribution is 5.86. The van der Waals surface area contributed by atoms with Crippen LogP contribution in [-0.2, 0) is 11.2 Å². The van der Waals surface area contributed by atoms with Gasteiger partial charge in [-0.15, -0.1) is 0 Å². The van der Waals surface area contributed by atoms with E-state index in [0.717, 1.165) is 23.3 Å². The predicted octanol–water partition coefficient (Wildman–Crippen LogP) is 3.08. The van der Waals surface area contributed by atoms with Crippen molar-refractivity contribution in [1.82, 2.24) is 9.55 Å².